The van der Waals surface area contributed by atoms with E-state index in [-0.39, 0.29) is 11.9 Å². The molecule has 106 valence electrons. The fourth-order valence-electron chi connectivity index (χ4n) is 1.96. The van der Waals surface area contributed by atoms with E-state index < -0.39 is 0 Å². The van der Waals surface area contributed by atoms with Crippen molar-refractivity contribution in [3.8, 4) is 0 Å². The van der Waals surface area contributed by atoms with Gasteiger partial charge in [0.25, 0.3) is 5.91 Å². The second kappa shape index (κ2) is 6.18. The van der Waals surface area contributed by atoms with Gasteiger partial charge in [-0.05, 0) is 19.4 Å². The molecule has 2 aromatic rings. The Morgan fingerprint density at radius 3 is 2.40 bits per heavy atom. The molecule has 0 saturated heterocycles. The van der Waals surface area contributed by atoms with Gasteiger partial charge in [0.15, 0.2) is 0 Å². The predicted octanol–water partition coefficient (Wildman–Crippen LogP) is 4.07. The van der Waals surface area contributed by atoms with E-state index in [1.807, 2.05) is 44.2 Å². The summed E-state index contributed by atoms with van der Waals surface area (Å²) >= 11 is 1.49. The molecule has 1 aromatic carbocycles. The average molecular weight is 288 g/mol. The zero-order valence-electron chi connectivity index (χ0n) is 12.3. The zero-order chi connectivity index (χ0) is 14.7. The quantitative estimate of drug-likeness (QED) is 0.921. The maximum absolute atomic E-state index is 12.3. The van der Waals surface area contributed by atoms with Gasteiger partial charge < -0.3 is 5.32 Å². The predicted molar refractivity (Wildman–Crippen MR) is 83.3 cm³/mol. The van der Waals surface area contributed by atoms with Gasteiger partial charge in [-0.2, -0.15) is 0 Å². The summed E-state index contributed by atoms with van der Waals surface area (Å²) < 4.78 is 0. The molecule has 1 unspecified atom stereocenters. The number of nitrogens with one attached hydrogen (secondary N) is 1. The molecule has 0 aliphatic heterocycles. The lowest BCUT2D eigenvalue weighted by Gasteiger charge is -2.13. The molecule has 2 rings (SSSR count). The molecular weight excluding hydrogens is 268 g/mol. The fraction of sp³-hybridized carbons (Fsp3) is 0.375. The highest BCUT2D eigenvalue weighted by Gasteiger charge is 2.18. The van der Waals surface area contributed by atoms with Gasteiger partial charge in [-0.25, -0.2) is 4.98 Å². The average Bonchev–Trinajstić information content (AvgIpc) is 2.82. The van der Waals surface area contributed by atoms with Crippen LogP contribution in [0.1, 0.15) is 58.7 Å². The van der Waals surface area contributed by atoms with E-state index in [0.29, 0.717) is 5.92 Å². The standard InChI is InChI=1S/C16H20N2OS/c1-10(2)16-18-12(4)14(20-16)15(19)17-11(3)13-8-6-5-7-9-13/h5-11H,1-4H3,(H,17,19). The summed E-state index contributed by atoms with van der Waals surface area (Å²) in [5.41, 5.74) is 1.92. The number of aromatic nitrogens is 1. The fourth-order valence-corrected chi connectivity index (χ4v) is 2.93. The van der Waals surface area contributed by atoms with Gasteiger partial charge in [0.05, 0.1) is 16.7 Å². The first kappa shape index (κ1) is 14.7. The Labute approximate surface area is 124 Å². The molecule has 0 radical (unpaired) electrons. The molecule has 0 aliphatic carbocycles. The summed E-state index contributed by atoms with van der Waals surface area (Å²) in [6.07, 6.45) is 0. The molecule has 1 N–H and O–H groups in total. The van der Waals surface area contributed by atoms with Crippen LogP contribution in [0.5, 0.6) is 0 Å². The highest BCUT2D eigenvalue weighted by Crippen LogP contribution is 2.25. The Hall–Kier alpha value is -1.68. The molecule has 1 atom stereocenters. The monoisotopic (exact) mass is 288 g/mol. The van der Waals surface area contributed by atoms with Crippen LogP contribution in [-0.4, -0.2) is 10.9 Å². The lowest BCUT2D eigenvalue weighted by atomic mass is 10.1. The Bertz CT molecular complexity index is 590. The van der Waals surface area contributed by atoms with Crippen molar-refractivity contribution >= 4 is 17.2 Å². The first-order chi connectivity index (χ1) is 9.49. The van der Waals surface area contributed by atoms with Gasteiger partial charge in [-0.3, -0.25) is 4.79 Å². The summed E-state index contributed by atoms with van der Waals surface area (Å²) in [5, 5.41) is 4.05. The molecule has 1 aromatic heterocycles. The van der Waals surface area contributed by atoms with E-state index in [0.717, 1.165) is 21.1 Å². The third kappa shape index (κ3) is 3.25. The minimum absolute atomic E-state index is 0.00676. The number of carbonyl (C=O) groups excluding carboxylic acids is 1. The number of amides is 1. The number of aryl methyl sites for hydroxylation is 1. The van der Waals surface area contributed by atoms with E-state index in [2.05, 4.69) is 24.1 Å². The van der Waals surface area contributed by atoms with Crippen LogP contribution in [-0.2, 0) is 0 Å². The van der Waals surface area contributed by atoms with Crippen molar-refractivity contribution < 1.29 is 4.79 Å². The van der Waals surface area contributed by atoms with Gasteiger partial charge >= 0.3 is 0 Å². The maximum atomic E-state index is 12.3. The summed E-state index contributed by atoms with van der Waals surface area (Å²) in [6.45, 7) is 8.07. The summed E-state index contributed by atoms with van der Waals surface area (Å²) in [7, 11) is 0. The van der Waals surface area contributed by atoms with Crippen molar-refractivity contribution in [1.29, 1.82) is 0 Å². The second-order valence-electron chi connectivity index (χ2n) is 5.23. The highest BCUT2D eigenvalue weighted by molar-refractivity contribution is 7.13. The summed E-state index contributed by atoms with van der Waals surface area (Å²) in [4.78, 5) is 17.5. The summed E-state index contributed by atoms with van der Waals surface area (Å²) in [5.74, 6) is 0.315. The molecule has 4 heteroatoms. The third-order valence-electron chi connectivity index (χ3n) is 3.16. The van der Waals surface area contributed by atoms with E-state index >= 15 is 0 Å². The van der Waals surface area contributed by atoms with Crippen LogP contribution in [0.25, 0.3) is 0 Å². The first-order valence-corrected chi connectivity index (χ1v) is 7.63. The molecule has 0 spiro atoms. The minimum atomic E-state index is -0.0387. The van der Waals surface area contributed by atoms with Crippen molar-refractivity contribution in [2.75, 3.05) is 0 Å². The van der Waals surface area contributed by atoms with E-state index in [9.17, 15) is 4.79 Å². The Morgan fingerprint density at radius 1 is 1.20 bits per heavy atom. The highest BCUT2D eigenvalue weighted by atomic mass is 32.1. The number of carbonyl (C=O) groups is 1. The normalized spacial score (nSPS) is 12.4. The van der Waals surface area contributed by atoms with Gasteiger partial charge in [0, 0.05) is 5.92 Å². The molecular formula is C16H20N2OS. The second-order valence-corrected chi connectivity index (χ2v) is 6.26. The zero-order valence-corrected chi connectivity index (χ0v) is 13.1. The van der Waals surface area contributed by atoms with Crippen LogP contribution in [0.3, 0.4) is 0 Å². The number of nitrogens with zero attached hydrogens (tertiary/aromatic N) is 1. The van der Waals surface area contributed by atoms with E-state index in [1.165, 1.54) is 11.3 Å². The number of benzene rings is 1. The van der Waals surface area contributed by atoms with Crippen LogP contribution in [0.2, 0.25) is 0 Å². The van der Waals surface area contributed by atoms with Crippen LogP contribution < -0.4 is 5.32 Å². The van der Waals surface area contributed by atoms with Gasteiger partial charge in [-0.1, -0.05) is 44.2 Å². The lowest BCUT2D eigenvalue weighted by Crippen LogP contribution is -2.26. The third-order valence-corrected chi connectivity index (χ3v) is 4.62. The number of rotatable bonds is 4. The van der Waals surface area contributed by atoms with Crippen molar-refractivity contribution in [2.45, 2.75) is 39.7 Å². The van der Waals surface area contributed by atoms with Crippen molar-refractivity contribution in [3.63, 3.8) is 0 Å². The van der Waals surface area contributed by atoms with Crippen LogP contribution >= 0.6 is 11.3 Å². The van der Waals surface area contributed by atoms with Gasteiger partial charge in [0.1, 0.15) is 4.88 Å². The lowest BCUT2D eigenvalue weighted by molar-refractivity contribution is 0.0943. The molecule has 1 amide bonds. The van der Waals surface area contributed by atoms with E-state index in [1.54, 1.807) is 0 Å². The smallest absolute Gasteiger partial charge is 0.263 e. The summed E-state index contributed by atoms with van der Waals surface area (Å²) in [6, 6.07) is 9.96. The molecule has 0 bridgehead atoms. The first-order valence-electron chi connectivity index (χ1n) is 6.82. The topological polar surface area (TPSA) is 42.0 Å². The number of hydrogen-bond acceptors (Lipinski definition) is 3. The molecule has 0 saturated carbocycles. The Kier molecular flexibility index (Phi) is 4.55. The minimum Gasteiger partial charge on any atom is -0.345 e. The largest absolute Gasteiger partial charge is 0.345 e. The number of thiazole rings is 1. The van der Waals surface area contributed by atoms with Crippen molar-refractivity contribution in [3.05, 3.63) is 51.5 Å². The van der Waals surface area contributed by atoms with Crippen molar-refractivity contribution in [2.24, 2.45) is 0 Å². The molecule has 0 fully saturated rings. The van der Waals surface area contributed by atoms with Crippen molar-refractivity contribution in [1.82, 2.24) is 10.3 Å². The van der Waals surface area contributed by atoms with Crippen LogP contribution in [0.4, 0.5) is 0 Å². The molecule has 0 aliphatic rings. The number of hydrogen-bond donors (Lipinski definition) is 1. The van der Waals surface area contributed by atoms with E-state index in [4.69, 9.17) is 0 Å². The molecule has 1 heterocycles. The molecule has 3 nitrogen and oxygen atoms in total. The Balaban J connectivity index is 2.12. The van der Waals surface area contributed by atoms with Crippen LogP contribution in [0.15, 0.2) is 30.3 Å². The van der Waals surface area contributed by atoms with Crippen LogP contribution in [0, 0.1) is 6.92 Å². The van der Waals surface area contributed by atoms with Gasteiger partial charge in [-0.15, -0.1) is 11.3 Å². The SMILES string of the molecule is Cc1nc(C(C)C)sc1C(=O)NC(C)c1ccccc1. The maximum Gasteiger partial charge on any atom is 0.263 e. The Morgan fingerprint density at radius 2 is 1.85 bits per heavy atom. The van der Waals surface area contributed by atoms with Gasteiger partial charge in [0.2, 0.25) is 0 Å². The molecule has 20 heavy (non-hydrogen) atoms.